The SMILES string of the molecule is S=C1NB(c2ccc(-c3ccccc3)cc2)N/C1=C1\NB(c2ccc(-c3ccccc3)cc2)NC1=S. The minimum atomic E-state index is -0.112. The third-order valence-electron chi connectivity index (χ3n) is 6.53. The van der Waals surface area contributed by atoms with Crippen LogP contribution in [0.3, 0.4) is 0 Å². The Morgan fingerprint density at radius 2 is 0.722 bits per heavy atom. The van der Waals surface area contributed by atoms with Crippen LogP contribution in [0.5, 0.6) is 0 Å². The summed E-state index contributed by atoms with van der Waals surface area (Å²) in [6, 6.07) is 37.8. The van der Waals surface area contributed by atoms with E-state index in [0.29, 0.717) is 9.98 Å². The maximum absolute atomic E-state index is 5.68. The third-order valence-corrected chi connectivity index (χ3v) is 7.18. The number of thiocarbonyl (C=S) groups is 2. The number of nitrogens with one attached hydrogen (secondary N) is 4. The van der Waals surface area contributed by atoms with Crippen LogP contribution in [-0.4, -0.2) is 23.9 Å². The second-order valence-corrected chi connectivity index (χ2v) is 9.64. The lowest BCUT2D eigenvalue weighted by atomic mass is 9.69. The molecule has 0 radical (unpaired) electrons. The summed E-state index contributed by atoms with van der Waals surface area (Å²) >= 11 is 11.4. The predicted molar refractivity (Wildman–Crippen MR) is 159 cm³/mol. The minimum Gasteiger partial charge on any atom is -0.401 e. The van der Waals surface area contributed by atoms with E-state index in [1.807, 2.05) is 12.1 Å². The van der Waals surface area contributed by atoms with Crippen molar-refractivity contribution in [3.63, 3.8) is 0 Å². The van der Waals surface area contributed by atoms with E-state index < -0.39 is 0 Å². The second kappa shape index (κ2) is 9.64. The fraction of sp³-hybridized carbons (Fsp3) is 0. The van der Waals surface area contributed by atoms with E-state index >= 15 is 0 Å². The first-order valence-electron chi connectivity index (χ1n) is 11.9. The molecule has 2 fully saturated rings. The summed E-state index contributed by atoms with van der Waals surface area (Å²) in [7, 11) is 0. The molecule has 0 amide bonds. The van der Waals surface area contributed by atoms with Crippen LogP contribution in [0.1, 0.15) is 0 Å². The maximum Gasteiger partial charge on any atom is 0.406 e. The molecule has 4 aromatic rings. The zero-order valence-electron chi connectivity index (χ0n) is 19.4. The largest absolute Gasteiger partial charge is 0.406 e. The molecule has 0 bridgehead atoms. The molecular weight excluding hydrogens is 478 g/mol. The molecular formula is C28H22B2N4S2. The summed E-state index contributed by atoms with van der Waals surface area (Å²) in [6.07, 6.45) is 0. The molecule has 4 nitrogen and oxygen atoms in total. The highest BCUT2D eigenvalue weighted by atomic mass is 32.1. The fourth-order valence-electron chi connectivity index (χ4n) is 4.60. The topological polar surface area (TPSA) is 48.1 Å². The lowest BCUT2D eigenvalue weighted by Crippen LogP contribution is -2.49. The van der Waals surface area contributed by atoms with Crippen molar-refractivity contribution in [2.75, 3.05) is 0 Å². The van der Waals surface area contributed by atoms with E-state index in [9.17, 15) is 0 Å². The van der Waals surface area contributed by atoms with Crippen molar-refractivity contribution in [3.8, 4) is 22.3 Å². The summed E-state index contributed by atoms with van der Waals surface area (Å²) in [4.78, 5) is 1.30. The first-order chi connectivity index (χ1) is 17.7. The summed E-state index contributed by atoms with van der Waals surface area (Å²) in [5.41, 5.74) is 8.62. The van der Waals surface area contributed by atoms with Crippen LogP contribution in [0.15, 0.2) is 121 Å². The Bertz CT molecular complexity index is 1340. The van der Waals surface area contributed by atoms with Crippen molar-refractivity contribution in [3.05, 3.63) is 121 Å². The molecule has 2 heterocycles. The van der Waals surface area contributed by atoms with Gasteiger partial charge in [-0.05, 0) is 33.2 Å². The van der Waals surface area contributed by atoms with Gasteiger partial charge in [-0.25, -0.2) is 0 Å². The summed E-state index contributed by atoms with van der Waals surface area (Å²) in [6.45, 7) is -0.225. The van der Waals surface area contributed by atoms with Crippen molar-refractivity contribution < 1.29 is 0 Å². The molecule has 2 aliphatic rings. The van der Waals surface area contributed by atoms with Gasteiger partial charge in [0.25, 0.3) is 0 Å². The molecule has 4 N–H and O–H groups in total. The Kier molecular flexibility index (Phi) is 6.05. The zero-order valence-corrected chi connectivity index (χ0v) is 21.0. The maximum atomic E-state index is 5.68. The Balaban J connectivity index is 1.18. The van der Waals surface area contributed by atoms with E-state index in [4.69, 9.17) is 24.4 Å². The number of benzene rings is 4. The monoisotopic (exact) mass is 500 g/mol. The van der Waals surface area contributed by atoms with Gasteiger partial charge < -0.3 is 20.9 Å². The molecule has 0 aliphatic carbocycles. The second-order valence-electron chi connectivity index (χ2n) is 8.83. The molecule has 0 atom stereocenters. The first-order valence-corrected chi connectivity index (χ1v) is 12.7. The molecule has 2 saturated heterocycles. The van der Waals surface area contributed by atoms with E-state index in [2.05, 4.69) is 118 Å². The van der Waals surface area contributed by atoms with Gasteiger partial charge in [-0.2, -0.15) is 0 Å². The Labute approximate surface area is 222 Å². The molecule has 0 saturated carbocycles. The highest BCUT2D eigenvalue weighted by Gasteiger charge is 2.37. The van der Waals surface area contributed by atoms with Gasteiger partial charge in [-0.15, -0.1) is 0 Å². The van der Waals surface area contributed by atoms with E-state index in [-0.39, 0.29) is 14.0 Å². The Morgan fingerprint density at radius 3 is 1.08 bits per heavy atom. The standard InChI is InChI=1S/C28H22B2N4S2/c35-27-25(31-29(33-27)23-15-11-21(12-16-23)19-7-3-1-4-8-19)26-28(36)34-30(32-26)24-17-13-22(14-18-24)20-9-5-2-6-10-20/h1-18,31-32H,(H,33,35)(H,34,36)/b26-25-. The average Bonchev–Trinajstić information content (AvgIpc) is 3.52. The van der Waals surface area contributed by atoms with Crippen LogP contribution >= 0.6 is 24.4 Å². The molecule has 0 spiro atoms. The van der Waals surface area contributed by atoms with E-state index in [1.165, 1.54) is 22.3 Å². The van der Waals surface area contributed by atoms with Gasteiger partial charge >= 0.3 is 14.0 Å². The van der Waals surface area contributed by atoms with Gasteiger partial charge in [0.15, 0.2) is 0 Å². The summed E-state index contributed by atoms with van der Waals surface area (Å²) in [5, 5.41) is 13.8. The van der Waals surface area contributed by atoms with Crippen molar-refractivity contribution >= 4 is 59.3 Å². The molecule has 4 aromatic carbocycles. The number of rotatable bonds is 4. The van der Waals surface area contributed by atoms with Gasteiger partial charge in [0.1, 0.15) is 9.98 Å². The lowest BCUT2D eigenvalue weighted by molar-refractivity contribution is 1.19. The van der Waals surface area contributed by atoms with Crippen molar-refractivity contribution in [1.82, 2.24) is 20.9 Å². The Morgan fingerprint density at radius 1 is 0.389 bits per heavy atom. The summed E-state index contributed by atoms with van der Waals surface area (Å²) in [5.74, 6) is 0. The highest BCUT2D eigenvalue weighted by Crippen LogP contribution is 2.19. The molecule has 36 heavy (non-hydrogen) atoms. The Hall–Kier alpha value is -3.87. The van der Waals surface area contributed by atoms with Crippen LogP contribution in [0.25, 0.3) is 22.3 Å². The van der Waals surface area contributed by atoms with Crippen LogP contribution in [0, 0.1) is 0 Å². The highest BCUT2D eigenvalue weighted by molar-refractivity contribution is 7.81. The van der Waals surface area contributed by atoms with E-state index in [0.717, 1.165) is 22.3 Å². The van der Waals surface area contributed by atoms with Crippen LogP contribution in [0.4, 0.5) is 0 Å². The van der Waals surface area contributed by atoms with Crippen molar-refractivity contribution in [2.24, 2.45) is 0 Å². The van der Waals surface area contributed by atoms with Crippen LogP contribution < -0.4 is 31.8 Å². The summed E-state index contributed by atoms with van der Waals surface area (Å²) < 4.78 is 0. The van der Waals surface area contributed by atoms with Crippen molar-refractivity contribution in [2.45, 2.75) is 0 Å². The van der Waals surface area contributed by atoms with Crippen molar-refractivity contribution in [1.29, 1.82) is 0 Å². The van der Waals surface area contributed by atoms with Gasteiger partial charge in [0.05, 0.1) is 11.4 Å². The van der Waals surface area contributed by atoms with Crippen LogP contribution in [0.2, 0.25) is 0 Å². The predicted octanol–water partition coefficient (Wildman–Crippen LogP) is 3.36. The fourth-order valence-corrected chi connectivity index (χ4v) is 5.16. The van der Waals surface area contributed by atoms with E-state index in [1.54, 1.807) is 0 Å². The number of hydrogen-bond acceptors (Lipinski definition) is 4. The van der Waals surface area contributed by atoms with Crippen LogP contribution in [-0.2, 0) is 0 Å². The molecule has 0 aromatic heterocycles. The molecule has 0 unspecified atom stereocenters. The molecule has 172 valence electrons. The molecule has 8 heteroatoms. The smallest absolute Gasteiger partial charge is 0.401 e. The molecule has 2 aliphatic heterocycles. The lowest BCUT2D eigenvalue weighted by Gasteiger charge is -2.10. The van der Waals surface area contributed by atoms with Gasteiger partial charge in [0.2, 0.25) is 0 Å². The minimum absolute atomic E-state index is 0.112. The number of hydrogen-bond donors (Lipinski definition) is 4. The van der Waals surface area contributed by atoms with Gasteiger partial charge in [0, 0.05) is 0 Å². The quantitative estimate of drug-likeness (QED) is 0.196. The zero-order chi connectivity index (χ0) is 24.5. The normalized spacial score (nSPS) is 16.9. The van der Waals surface area contributed by atoms with Gasteiger partial charge in [-0.3, -0.25) is 0 Å². The van der Waals surface area contributed by atoms with Gasteiger partial charge in [-0.1, -0.05) is 134 Å². The third kappa shape index (κ3) is 4.41. The first kappa shape index (κ1) is 22.6. The average molecular weight is 500 g/mol. The molecule has 6 rings (SSSR count).